The Morgan fingerprint density at radius 3 is 2.71 bits per heavy atom. The van der Waals surface area contributed by atoms with Crippen molar-refractivity contribution >= 4 is 11.7 Å². The number of aryl methyl sites for hydroxylation is 2. The lowest BCUT2D eigenvalue weighted by atomic mass is 9.96. The summed E-state index contributed by atoms with van der Waals surface area (Å²) in [6.07, 6.45) is 2.16. The Morgan fingerprint density at radius 2 is 2.00 bits per heavy atom. The maximum absolute atomic E-state index is 14.3. The van der Waals surface area contributed by atoms with Gasteiger partial charge >= 0.3 is 0 Å². The Hall–Kier alpha value is -1.72. The molecule has 0 N–H and O–H groups in total. The molecular weight excluding hydrogens is 269 g/mol. The molecule has 6 heteroatoms. The summed E-state index contributed by atoms with van der Waals surface area (Å²) in [5, 5.41) is 0. The van der Waals surface area contributed by atoms with E-state index in [-0.39, 0.29) is 5.82 Å². The third-order valence-electron chi connectivity index (χ3n) is 4.30. The van der Waals surface area contributed by atoms with Gasteiger partial charge in [0.05, 0.1) is 12.2 Å². The fraction of sp³-hybridized carbons (Fsp3) is 0.667. The highest BCUT2D eigenvalue weighted by atomic mass is 19.1. The van der Waals surface area contributed by atoms with Crippen LogP contribution in [0.15, 0.2) is 4.99 Å². The summed E-state index contributed by atoms with van der Waals surface area (Å²) in [5.74, 6) is 2.33. The third kappa shape index (κ3) is 2.71. The van der Waals surface area contributed by atoms with Gasteiger partial charge in [-0.25, -0.2) is 14.4 Å². The standard InChI is InChI=1S/C15H22FN5/c1-10-13(16)15(19-11(2)18-10)21-7-4-5-12(9-21)14-17-6-8-20(14)3/h12H,4-9H2,1-3H3. The van der Waals surface area contributed by atoms with Gasteiger partial charge in [0.2, 0.25) is 0 Å². The Balaban J connectivity index is 1.83. The molecule has 2 aliphatic rings. The van der Waals surface area contributed by atoms with E-state index in [9.17, 15) is 4.39 Å². The smallest absolute Gasteiger partial charge is 0.186 e. The summed E-state index contributed by atoms with van der Waals surface area (Å²) >= 11 is 0. The average Bonchev–Trinajstić information content (AvgIpc) is 2.89. The van der Waals surface area contributed by atoms with Crippen LogP contribution in [0.3, 0.4) is 0 Å². The van der Waals surface area contributed by atoms with Crippen molar-refractivity contribution in [1.82, 2.24) is 14.9 Å². The van der Waals surface area contributed by atoms with Gasteiger partial charge in [0, 0.05) is 32.6 Å². The first-order valence-electron chi connectivity index (χ1n) is 7.57. The first-order valence-corrected chi connectivity index (χ1v) is 7.57. The monoisotopic (exact) mass is 291 g/mol. The van der Waals surface area contributed by atoms with Crippen LogP contribution in [-0.2, 0) is 0 Å². The molecule has 3 rings (SSSR count). The highest BCUT2D eigenvalue weighted by Crippen LogP contribution is 2.27. The second-order valence-corrected chi connectivity index (χ2v) is 5.94. The summed E-state index contributed by atoms with van der Waals surface area (Å²) in [7, 11) is 2.09. The van der Waals surface area contributed by atoms with E-state index < -0.39 is 0 Å². The van der Waals surface area contributed by atoms with E-state index in [0.717, 1.165) is 39.0 Å². The second-order valence-electron chi connectivity index (χ2n) is 5.94. The van der Waals surface area contributed by atoms with E-state index in [1.54, 1.807) is 6.92 Å². The lowest BCUT2D eigenvalue weighted by Crippen LogP contribution is -2.43. The first-order chi connectivity index (χ1) is 10.1. The highest BCUT2D eigenvalue weighted by molar-refractivity contribution is 5.86. The second kappa shape index (κ2) is 5.58. The maximum atomic E-state index is 14.3. The largest absolute Gasteiger partial charge is 0.361 e. The zero-order valence-electron chi connectivity index (χ0n) is 12.9. The molecule has 1 saturated heterocycles. The zero-order chi connectivity index (χ0) is 15.0. The molecule has 1 aromatic rings. The lowest BCUT2D eigenvalue weighted by molar-refractivity contribution is 0.446. The van der Waals surface area contributed by atoms with Crippen molar-refractivity contribution in [3.05, 3.63) is 17.3 Å². The SMILES string of the molecule is Cc1nc(C)c(F)c(N2CCCC(C3=NCCN3C)C2)n1. The third-order valence-corrected chi connectivity index (χ3v) is 4.30. The topological polar surface area (TPSA) is 44.6 Å². The van der Waals surface area contributed by atoms with Gasteiger partial charge in [-0.05, 0) is 26.7 Å². The van der Waals surface area contributed by atoms with Crippen LogP contribution >= 0.6 is 0 Å². The Labute approximate surface area is 124 Å². The van der Waals surface area contributed by atoms with E-state index in [1.165, 1.54) is 5.84 Å². The van der Waals surface area contributed by atoms with Gasteiger partial charge in [-0.3, -0.25) is 4.99 Å². The molecule has 0 bridgehead atoms. The van der Waals surface area contributed by atoms with Gasteiger partial charge in [-0.1, -0.05) is 0 Å². The molecule has 1 fully saturated rings. The number of piperidine rings is 1. The van der Waals surface area contributed by atoms with E-state index >= 15 is 0 Å². The molecule has 114 valence electrons. The normalized spacial score (nSPS) is 22.7. The van der Waals surface area contributed by atoms with Crippen molar-refractivity contribution in [2.75, 3.05) is 38.1 Å². The number of rotatable bonds is 2. The molecular formula is C15H22FN5. The molecule has 1 aromatic heterocycles. The van der Waals surface area contributed by atoms with Crippen molar-refractivity contribution in [3.63, 3.8) is 0 Å². The van der Waals surface area contributed by atoms with Crippen LogP contribution in [0.1, 0.15) is 24.4 Å². The highest BCUT2D eigenvalue weighted by Gasteiger charge is 2.30. The minimum absolute atomic E-state index is 0.289. The number of nitrogens with zero attached hydrogens (tertiary/aromatic N) is 5. The summed E-state index contributed by atoms with van der Waals surface area (Å²) < 4.78 is 14.3. The molecule has 0 aliphatic carbocycles. The van der Waals surface area contributed by atoms with Crippen LogP contribution in [0.25, 0.3) is 0 Å². The Morgan fingerprint density at radius 1 is 1.19 bits per heavy atom. The maximum Gasteiger partial charge on any atom is 0.186 e. The summed E-state index contributed by atoms with van der Waals surface area (Å²) in [6, 6.07) is 0. The van der Waals surface area contributed by atoms with E-state index in [2.05, 4.69) is 31.8 Å². The van der Waals surface area contributed by atoms with E-state index in [0.29, 0.717) is 23.3 Å². The molecule has 1 unspecified atom stereocenters. The quantitative estimate of drug-likeness (QED) is 0.833. The van der Waals surface area contributed by atoms with Crippen LogP contribution in [0, 0.1) is 25.6 Å². The van der Waals surface area contributed by atoms with E-state index in [4.69, 9.17) is 0 Å². The number of anilines is 1. The van der Waals surface area contributed by atoms with Crippen molar-refractivity contribution in [2.45, 2.75) is 26.7 Å². The fourth-order valence-corrected chi connectivity index (χ4v) is 3.26. The molecule has 3 heterocycles. The molecule has 0 amide bonds. The van der Waals surface area contributed by atoms with Gasteiger partial charge in [0.25, 0.3) is 0 Å². The number of aliphatic imine (C=N–C) groups is 1. The predicted molar refractivity (Wildman–Crippen MR) is 81.3 cm³/mol. The zero-order valence-corrected chi connectivity index (χ0v) is 12.9. The first kappa shape index (κ1) is 14.2. The minimum atomic E-state index is -0.289. The molecule has 5 nitrogen and oxygen atoms in total. The number of amidine groups is 1. The minimum Gasteiger partial charge on any atom is -0.361 e. The van der Waals surface area contributed by atoms with Gasteiger partial charge < -0.3 is 9.80 Å². The number of hydrogen-bond donors (Lipinski definition) is 0. The van der Waals surface area contributed by atoms with Gasteiger partial charge in [-0.15, -0.1) is 0 Å². The fourth-order valence-electron chi connectivity index (χ4n) is 3.26. The number of likely N-dealkylation sites (N-methyl/N-ethyl adjacent to an activating group) is 1. The Bertz CT molecular complexity index is 571. The number of halogens is 1. The molecule has 0 radical (unpaired) electrons. The number of hydrogen-bond acceptors (Lipinski definition) is 5. The number of aromatic nitrogens is 2. The molecule has 0 spiro atoms. The van der Waals surface area contributed by atoms with Gasteiger partial charge in [-0.2, -0.15) is 0 Å². The van der Waals surface area contributed by atoms with Crippen LogP contribution in [0.4, 0.5) is 10.2 Å². The summed E-state index contributed by atoms with van der Waals surface area (Å²) in [5.41, 5.74) is 0.426. The van der Waals surface area contributed by atoms with Crippen molar-refractivity contribution in [1.29, 1.82) is 0 Å². The van der Waals surface area contributed by atoms with Crippen LogP contribution in [-0.4, -0.2) is 53.9 Å². The van der Waals surface area contributed by atoms with Crippen LogP contribution in [0.2, 0.25) is 0 Å². The predicted octanol–water partition coefficient (Wildman–Crippen LogP) is 1.79. The molecule has 21 heavy (non-hydrogen) atoms. The van der Waals surface area contributed by atoms with Crippen molar-refractivity contribution in [2.24, 2.45) is 10.9 Å². The van der Waals surface area contributed by atoms with Gasteiger partial charge in [0.1, 0.15) is 11.7 Å². The molecule has 0 aromatic carbocycles. The van der Waals surface area contributed by atoms with Gasteiger partial charge in [0.15, 0.2) is 11.6 Å². The molecule has 2 aliphatic heterocycles. The van der Waals surface area contributed by atoms with Crippen LogP contribution in [0.5, 0.6) is 0 Å². The van der Waals surface area contributed by atoms with E-state index in [1.807, 2.05) is 6.92 Å². The molecule has 1 atom stereocenters. The Kier molecular flexibility index (Phi) is 3.78. The lowest BCUT2D eigenvalue weighted by Gasteiger charge is -2.35. The average molecular weight is 291 g/mol. The van der Waals surface area contributed by atoms with Crippen molar-refractivity contribution < 1.29 is 4.39 Å². The summed E-state index contributed by atoms with van der Waals surface area (Å²) in [6.45, 7) is 7.01. The molecule has 0 saturated carbocycles. The summed E-state index contributed by atoms with van der Waals surface area (Å²) in [4.78, 5) is 17.3. The van der Waals surface area contributed by atoms with Crippen molar-refractivity contribution in [3.8, 4) is 0 Å². The van der Waals surface area contributed by atoms with Crippen LogP contribution < -0.4 is 4.90 Å².